The summed E-state index contributed by atoms with van der Waals surface area (Å²) in [6.07, 6.45) is 0.704. The number of imidazole rings is 1. The average Bonchev–Trinajstić information content (AvgIpc) is 3.28. The second kappa shape index (κ2) is 7.46. The predicted octanol–water partition coefficient (Wildman–Crippen LogP) is 1.70. The van der Waals surface area contributed by atoms with Crippen LogP contribution in [0.3, 0.4) is 0 Å². The van der Waals surface area contributed by atoms with Gasteiger partial charge in [0, 0.05) is 13.0 Å². The fraction of sp³-hybridized carbons (Fsp3) is 0.286. The first-order chi connectivity index (χ1) is 14.0. The number of rotatable bonds is 6. The third-order valence-electron chi connectivity index (χ3n) is 5.14. The highest BCUT2D eigenvalue weighted by molar-refractivity contribution is 5.86. The number of carboxylic acids is 1. The lowest BCUT2D eigenvalue weighted by Crippen LogP contribution is -2.38. The topological polar surface area (TPSA) is 103 Å². The van der Waals surface area contributed by atoms with Crippen LogP contribution in [-0.2, 0) is 29.1 Å². The Bertz CT molecular complexity index is 1160. The first kappa shape index (κ1) is 18.8. The molecule has 1 aliphatic heterocycles. The number of aromatic nitrogens is 2. The highest BCUT2D eigenvalue weighted by atomic mass is 16.5. The van der Waals surface area contributed by atoms with Crippen molar-refractivity contribution in [2.24, 2.45) is 0 Å². The number of aryl methyl sites for hydroxylation is 1. The third kappa shape index (κ3) is 3.37. The van der Waals surface area contributed by atoms with Gasteiger partial charge in [0.25, 0.3) is 0 Å². The number of aliphatic carboxylic acids is 1. The Morgan fingerprint density at radius 1 is 1.17 bits per heavy atom. The van der Waals surface area contributed by atoms with Crippen molar-refractivity contribution >= 4 is 22.9 Å². The van der Waals surface area contributed by atoms with Crippen LogP contribution in [0.25, 0.3) is 11.0 Å². The molecule has 1 amide bonds. The number of ether oxygens (including phenoxy) is 1. The van der Waals surface area contributed by atoms with E-state index in [1.165, 1.54) is 4.57 Å². The number of benzene rings is 2. The number of nitrogens with one attached hydrogen (secondary N) is 1. The molecule has 2 N–H and O–H groups in total. The second-order valence-corrected chi connectivity index (χ2v) is 6.91. The lowest BCUT2D eigenvalue weighted by molar-refractivity contribution is -0.142. The lowest BCUT2D eigenvalue weighted by Gasteiger charge is -2.16. The SMILES string of the molecule is CCn1c(=O)n(CC(=O)NC(C(=O)O)c2ccc3c(c2)CCO3)c2ccccc21. The molecule has 29 heavy (non-hydrogen) atoms. The zero-order valence-electron chi connectivity index (χ0n) is 15.9. The molecule has 2 aromatic carbocycles. The van der Waals surface area contributed by atoms with Gasteiger partial charge >= 0.3 is 11.7 Å². The molecule has 1 aliphatic rings. The number of hydrogen-bond donors (Lipinski definition) is 2. The Labute approximate surface area is 166 Å². The molecule has 1 unspecified atom stereocenters. The summed E-state index contributed by atoms with van der Waals surface area (Å²) in [4.78, 5) is 37.1. The quantitative estimate of drug-likeness (QED) is 0.661. The molecule has 0 spiro atoms. The Balaban J connectivity index is 1.60. The van der Waals surface area contributed by atoms with Crippen LogP contribution in [0, 0.1) is 0 Å². The molecule has 0 radical (unpaired) electrons. The van der Waals surface area contributed by atoms with Crippen LogP contribution in [0.1, 0.15) is 24.1 Å². The standard InChI is InChI=1S/C21H21N3O5/c1-2-23-15-5-3-4-6-16(15)24(21(23)28)12-18(25)22-19(20(26)27)14-7-8-17-13(11-14)9-10-29-17/h3-8,11,19H,2,9-10,12H2,1H3,(H,22,25)(H,26,27). The normalized spacial score (nSPS) is 13.7. The van der Waals surface area contributed by atoms with Gasteiger partial charge in [0.1, 0.15) is 12.3 Å². The maximum absolute atomic E-state index is 12.7. The van der Waals surface area contributed by atoms with Crippen LogP contribution in [0.4, 0.5) is 0 Å². The molecule has 3 aromatic rings. The number of carbonyl (C=O) groups excluding carboxylic acids is 1. The van der Waals surface area contributed by atoms with Crippen molar-refractivity contribution < 1.29 is 19.4 Å². The van der Waals surface area contributed by atoms with Gasteiger partial charge in [-0.2, -0.15) is 0 Å². The van der Waals surface area contributed by atoms with Crippen LogP contribution >= 0.6 is 0 Å². The minimum Gasteiger partial charge on any atom is -0.493 e. The maximum Gasteiger partial charge on any atom is 0.330 e. The smallest absolute Gasteiger partial charge is 0.330 e. The first-order valence-corrected chi connectivity index (χ1v) is 9.45. The van der Waals surface area contributed by atoms with Crippen LogP contribution in [0.2, 0.25) is 0 Å². The second-order valence-electron chi connectivity index (χ2n) is 6.91. The fourth-order valence-corrected chi connectivity index (χ4v) is 3.75. The molecule has 4 rings (SSSR count). The summed E-state index contributed by atoms with van der Waals surface area (Å²) in [7, 11) is 0. The number of para-hydroxylation sites is 2. The Hall–Kier alpha value is -3.55. The zero-order valence-corrected chi connectivity index (χ0v) is 15.9. The number of nitrogens with zero attached hydrogens (tertiary/aromatic N) is 2. The summed E-state index contributed by atoms with van der Waals surface area (Å²) >= 11 is 0. The van der Waals surface area contributed by atoms with E-state index in [4.69, 9.17) is 4.74 Å². The molecule has 0 bridgehead atoms. The largest absolute Gasteiger partial charge is 0.493 e. The van der Waals surface area contributed by atoms with Gasteiger partial charge in [0.05, 0.1) is 17.6 Å². The first-order valence-electron chi connectivity index (χ1n) is 9.45. The van der Waals surface area contributed by atoms with Crippen molar-refractivity contribution in [1.82, 2.24) is 14.5 Å². The summed E-state index contributed by atoms with van der Waals surface area (Å²) < 4.78 is 8.39. The third-order valence-corrected chi connectivity index (χ3v) is 5.14. The van der Waals surface area contributed by atoms with Crippen molar-refractivity contribution in [2.75, 3.05) is 6.61 Å². The summed E-state index contributed by atoms with van der Waals surface area (Å²) in [5, 5.41) is 12.2. The van der Waals surface area contributed by atoms with E-state index in [2.05, 4.69) is 5.32 Å². The van der Waals surface area contributed by atoms with Crippen LogP contribution in [0.15, 0.2) is 47.3 Å². The molecule has 1 aromatic heterocycles. The van der Waals surface area contributed by atoms with Gasteiger partial charge in [-0.1, -0.05) is 18.2 Å². The molecular formula is C21H21N3O5. The number of carboxylic acid groups (broad SMARTS) is 1. The molecule has 0 saturated heterocycles. The maximum atomic E-state index is 12.7. The van der Waals surface area contributed by atoms with Crippen LogP contribution in [-0.4, -0.2) is 32.7 Å². The Morgan fingerprint density at radius 2 is 1.90 bits per heavy atom. The van der Waals surface area contributed by atoms with E-state index in [1.807, 2.05) is 19.1 Å². The summed E-state index contributed by atoms with van der Waals surface area (Å²) in [6.45, 7) is 2.64. The Morgan fingerprint density at radius 3 is 2.59 bits per heavy atom. The monoisotopic (exact) mass is 395 g/mol. The minimum absolute atomic E-state index is 0.260. The van der Waals surface area contributed by atoms with Crippen LogP contribution < -0.4 is 15.7 Å². The molecular weight excluding hydrogens is 374 g/mol. The number of amides is 1. The molecule has 8 heteroatoms. The highest BCUT2D eigenvalue weighted by Gasteiger charge is 2.25. The van der Waals surface area contributed by atoms with E-state index in [0.29, 0.717) is 30.7 Å². The van der Waals surface area contributed by atoms with E-state index in [1.54, 1.807) is 34.9 Å². The molecule has 0 fully saturated rings. The van der Waals surface area contributed by atoms with Gasteiger partial charge in [-0.15, -0.1) is 0 Å². The molecule has 2 heterocycles. The van der Waals surface area contributed by atoms with Gasteiger partial charge in [0.15, 0.2) is 6.04 Å². The van der Waals surface area contributed by atoms with Gasteiger partial charge in [0.2, 0.25) is 5.91 Å². The van der Waals surface area contributed by atoms with Crippen molar-refractivity contribution in [1.29, 1.82) is 0 Å². The van der Waals surface area contributed by atoms with Gasteiger partial charge in [-0.25, -0.2) is 9.59 Å². The van der Waals surface area contributed by atoms with E-state index in [0.717, 1.165) is 16.8 Å². The summed E-state index contributed by atoms with van der Waals surface area (Å²) in [5.41, 5.74) is 2.46. The molecule has 8 nitrogen and oxygen atoms in total. The highest BCUT2D eigenvalue weighted by Crippen LogP contribution is 2.28. The average molecular weight is 395 g/mol. The van der Waals surface area contributed by atoms with Crippen molar-refractivity contribution in [3.8, 4) is 5.75 Å². The van der Waals surface area contributed by atoms with E-state index >= 15 is 0 Å². The predicted molar refractivity (Wildman–Crippen MR) is 106 cm³/mol. The van der Waals surface area contributed by atoms with Crippen molar-refractivity contribution in [3.05, 3.63) is 64.1 Å². The zero-order chi connectivity index (χ0) is 20.5. The van der Waals surface area contributed by atoms with Crippen molar-refractivity contribution in [2.45, 2.75) is 32.5 Å². The number of fused-ring (bicyclic) bond motifs is 2. The number of carbonyl (C=O) groups is 2. The van der Waals surface area contributed by atoms with Gasteiger partial charge in [-0.3, -0.25) is 13.9 Å². The van der Waals surface area contributed by atoms with Gasteiger partial charge < -0.3 is 15.2 Å². The lowest BCUT2D eigenvalue weighted by atomic mass is 10.0. The summed E-state index contributed by atoms with van der Waals surface area (Å²) in [5.74, 6) is -0.973. The van der Waals surface area contributed by atoms with E-state index < -0.39 is 17.9 Å². The minimum atomic E-state index is -1.20. The molecule has 150 valence electrons. The van der Waals surface area contributed by atoms with E-state index in [-0.39, 0.29) is 12.2 Å². The van der Waals surface area contributed by atoms with Crippen LogP contribution in [0.5, 0.6) is 5.75 Å². The Kier molecular flexibility index (Phi) is 4.84. The molecule has 0 saturated carbocycles. The van der Waals surface area contributed by atoms with E-state index in [9.17, 15) is 19.5 Å². The molecule has 1 atom stereocenters. The molecule has 0 aliphatic carbocycles. The van der Waals surface area contributed by atoms with Gasteiger partial charge in [-0.05, 0) is 42.3 Å². The number of hydrogen-bond acceptors (Lipinski definition) is 4. The van der Waals surface area contributed by atoms with Crippen molar-refractivity contribution in [3.63, 3.8) is 0 Å². The summed E-state index contributed by atoms with van der Waals surface area (Å²) in [6, 6.07) is 11.1. The fourth-order valence-electron chi connectivity index (χ4n) is 3.75.